The molecule has 0 aromatic carbocycles. The van der Waals surface area contributed by atoms with Crippen molar-refractivity contribution in [2.45, 2.75) is 20.0 Å². The third-order valence-electron chi connectivity index (χ3n) is 0.971. The van der Waals surface area contributed by atoms with E-state index in [1.54, 1.807) is 0 Å². The summed E-state index contributed by atoms with van der Waals surface area (Å²) in [6, 6.07) is 0. The van der Waals surface area contributed by atoms with E-state index in [9.17, 15) is 4.79 Å². The van der Waals surface area contributed by atoms with Gasteiger partial charge in [-0.2, -0.15) is 0 Å². The van der Waals surface area contributed by atoms with Gasteiger partial charge in [-0.25, -0.2) is 4.79 Å². The molecule has 0 aromatic rings. The van der Waals surface area contributed by atoms with Crippen molar-refractivity contribution in [1.82, 2.24) is 0 Å². The lowest BCUT2D eigenvalue weighted by Gasteiger charge is -2.22. The van der Waals surface area contributed by atoms with Gasteiger partial charge in [0.1, 0.15) is 0 Å². The van der Waals surface area contributed by atoms with Crippen LogP contribution in [0.2, 0.25) is 0 Å². The summed E-state index contributed by atoms with van der Waals surface area (Å²) in [5.74, 6) is -0.132. The Balaban J connectivity index is 3.71. The number of hydrogen-bond acceptors (Lipinski definition) is 2. The summed E-state index contributed by atoms with van der Waals surface area (Å²) < 4.78 is 5.59. The Kier molecular flexibility index (Phi) is 3.52. The molecule has 0 fully saturated rings. The Morgan fingerprint density at radius 3 is 2.09 bits per heavy atom. The SMILES string of the molecule is CC(C)OC(=O)C[N+](C)(C)C. The number of esters is 1. The van der Waals surface area contributed by atoms with Crippen molar-refractivity contribution in [3.05, 3.63) is 0 Å². The van der Waals surface area contributed by atoms with Crippen LogP contribution >= 0.6 is 0 Å². The van der Waals surface area contributed by atoms with Crippen molar-refractivity contribution >= 4 is 5.97 Å². The maximum atomic E-state index is 11.0. The molecule has 0 amide bonds. The summed E-state index contributed by atoms with van der Waals surface area (Å²) in [7, 11) is 5.88. The van der Waals surface area contributed by atoms with Gasteiger partial charge in [0, 0.05) is 0 Å². The lowest BCUT2D eigenvalue weighted by Crippen LogP contribution is -2.40. The van der Waals surface area contributed by atoms with Gasteiger partial charge in [-0.15, -0.1) is 0 Å². The van der Waals surface area contributed by atoms with E-state index in [1.807, 2.05) is 35.0 Å². The summed E-state index contributed by atoms with van der Waals surface area (Å²) in [4.78, 5) is 11.0. The van der Waals surface area contributed by atoms with E-state index >= 15 is 0 Å². The maximum Gasteiger partial charge on any atom is 0.362 e. The van der Waals surface area contributed by atoms with Crippen LogP contribution < -0.4 is 0 Å². The van der Waals surface area contributed by atoms with Crippen LogP contribution in [0.15, 0.2) is 0 Å². The normalized spacial score (nSPS) is 11.8. The Morgan fingerprint density at radius 2 is 1.82 bits per heavy atom. The Labute approximate surface area is 68.5 Å². The van der Waals surface area contributed by atoms with Gasteiger partial charge >= 0.3 is 5.97 Å². The molecule has 0 spiro atoms. The molecular formula is C8H18NO2+. The summed E-state index contributed by atoms with van der Waals surface area (Å²) >= 11 is 0. The number of quaternary nitrogens is 1. The van der Waals surface area contributed by atoms with Crippen LogP contribution in [0.4, 0.5) is 0 Å². The second-order valence-corrected chi connectivity index (χ2v) is 3.99. The molecule has 0 unspecified atom stereocenters. The lowest BCUT2D eigenvalue weighted by atomic mass is 10.4. The second-order valence-electron chi connectivity index (χ2n) is 3.99. The highest BCUT2D eigenvalue weighted by atomic mass is 16.5. The van der Waals surface area contributed by atoms with Gasteiger partial charge < -0.3 is 9.22 Å². The fourth-order valence-electron chi connectivity index (χ4n) is 0.687. The van der Waals surface area contributed by atoms with E-state index in [-0.39, 0.29) is 12.1 Å². The number of likely N-dealkylation sites (N-methyl/N-ethyl adjacent to an activating group) is 1. The molecule has 0 bridgehead atoms. The van der Waals surface area contributed by atoms with Crippen LogP contribution in [0.3, 0.4) is 0 Å². The zero-order valence-electron chi connectivity index (χ0n) is 8.05. The first-order valence-electron chi connectivity index (χ1n) is 3.81. The second kappa shape index (κ2) is 3.72. The van der Waals surface area contributed by atoms with Crippen molar-refractivity contribution in [1.29, 1.82) is 0 Å². The third-order valence-corrected chi connectivity index (χ3v) is 0.971. The summed E-state index contributed by atoms with van der Waals surface area (Å²) in [5.41, 5.74) is 0. The molecule has 0 N–H and O–H groups in total. The predicted molar refractivity (Wildman–Crippen MR) is 44.1 cm³/mol. The van der Waals surface area contributed by atoms with Crippen molar-refractivity contribution in [2.75, 3.05) is 27.7 Å². The Morgan fingerprint density at radius 1 is 1.36 bits per heavy atom. The molecule has 3 heteroatoms. The lowest BCUT2D eigenvalue weighted by molar-refractivity contribution is -0.862. The molecule has 11 heavy (non-hydrogen) atoms. The van der Waals surface area contributed by atoms with Gasteiger partial charge in [-0.05, 0) is 13.8 Å². The topological polar surface area (TPSA) is 26.3 Å². The van der Waals surface area contributed by atoms with Crippen LogP contribution in [0.5, 0.6) is 0 Å². The van der Waals surface area contributed by atoms with Crippen molar-refractivity contribution in [3.63, 3.8) is 0 Å². The molecule has 0 saturated carbocycles. The molecule has 0 radical (unpaired) electrons. The minimum atomic E-state index is -0.132. The van der Waals surface area contributed by atoms with Crippen molar-refractivity contribution in [3.8, 4) is 0 Å². The van der Waals surface area contributed by atoms with Gasteiger partial charge in [0.15, 0.2) is 6.54 Å². The van der Waals surface area contributed by atoms with E-state index in [2.05, 4.69) is 0 Å². The molecule has 66 valence electrons. The molecule has 0 saturated heterocycles. The van der Waals surface area contributed by atoms with Gasteiger partial charge in [0.2, 0.25) is 0 Å². The minimum absolute atomic E-state index is 0.00551. The standard InChI is InChI=1S/C8H18NO2/c1-7(2)11-8(10)6-9(3,4)5/h7H,6H2,1-5H3/q+1. The van der Waals surface area contributed by atoms with E-state index in [0.717, 1.165) is 0 Å². The van der Waals surface area contributed by atoms with Gasteiger partial charge in [-0.1, -0.05) is 0 Å². The molecule has 0 aliphatic heterocycles. The smallest absolute Gasteiger partial charge is 0.362 e. The molecular weight excluding hydrogens is 142 g/mol. The average Bonchev–Trinajstić information content (AvgIpc) is 1.53. The van der Waals surface area contributed by atoms with Gasteiger partial charge in [0.05, 0.1) is 27.2 Å². The third kappa shape index (κ3) is 7.33. The minimum Gasteiger partial charge on any atom is -0.459 e. The first-order chi connectivity index (χ1) is 4.81. The number of nitrogens with zero attached hydrogens (tertiary/aromatic N) is 1. The van der Waals surface area contributed by atoms with Crippen LogP contribution in [-0.4, -0.2) is 44.2 Å². The number of ether oxygens (including phenoxy) is 1. The number of rotatable bonds is 3. The van der Waals surface area contributed by atoms with Crippen LogP contribution in [0, 0.1) is 0 Å². The van der Waals surface area contributed by atoms with Crippen molar-refractivity contribution < 1.29 is 14.0 Å². The number of hydrogen-bond donors (Lipinski definition) is 0. The molecule has 0 aliphatic carbocycles. The van der Waals surface area contributed by atoms with E-state index < -0.39 is 0 Å². The zero-order chi connectivity index (χ0) is 9.07. The summed E-state index contributed by atoms with van der Waals surface area (Å²) in [6.07, 6.45) is -0.00551. The maximum absolute atomic E-state index is 11.0. The first kappa shape index (κ1) is 10.4. The summed E-state index contributed by atoms with van der Waals surface area (Å²) in [5, 5.41) is 0. The predicted octanol–water partition coefficient (Wildman–Crippen LogP) is 0.644. The highest BCUT2D eigenvalue weighted by Gasteiger charge is 2.15. The van der Waals surface area contributed by atoms with E-state index in [1.165, 1.54) is 0 Å². The molecule has 0 rings (SSSR count). The number of carbonyl (C=O) groups is 1. The molecule has 3 nitrogen and oxygen atoms in total. The van der Waals surface area contributed by atoms with Crippen molar-refractivity contribution in [2.24, 2.45) is 0 Å². The molecule has 0 atom stereocenters. The number of carbonyl (C=O) groups excluding carboxylic acids is 1. The monoisotopic (exact) mass is 160 g/mol. The Bertz CT molecular complexity index is 136. The Hall–Kier alpha value is -0.570. The highest BCUT2D eigenvalue weighted by Crippen LogP contribution is 1.94. The van der Waals surface area contributed by atoms with Crippen LogP contribution in [0.1, 0.15) is 13.8 Å². The van der Waals surface area contributed by atoms with Gasteiger partial charge in [0.25, 0.3) is 0 Å². The molecule has 0 heterocycles. The summed E-state index contributed by atoms with van der Waals surface area (Å²) in [6.45, 7) is 4.14. The quantitative estimate of drug-likeness (QED) is 0.447. The largest absolute Gasteiger partial charge is 0.459 e. The molecule has 0 aliphatic rings. The van der Waals surface area contributed by atoms with Crippen LogP contribution in [0.25, 0.3) is 0 Å². The van der Waals surface area contributed by atoms with E-state index in [4.69, 9.17) is 4.74 Å². The van der Waals surface area contributed by atoms with E-state index in [0.29, 0.717) is 11.0 Å². The van der Waals surface area contributed by atoms with Crippen LogP contribution in [-0.2, 0) is 9.53 Å². The average molecular weight is 160 g/mol. The fraction of sp³-hybridized carbons (Fsp3) is 0.875. The molecule has 0 aromatic heterocycles. The zero-order valence-corrected chi connectivity index (χ0v) is 8.05. The highest BCUT2D eigenvalue weighted by molar-refractivity contribution is 5.70. The fourth-order valence-corrected chi connectivity index (χ4v) is 0.687. The first-order valence-corrected chi connectivity index (χ1v) is 3.81. The van der Waals surface area contributed by atoms with Gasteiger partial charge in [-0.3, -0.25) is 0 Å².